The molecule has 2 N–H and O–H groups in total. The van der Waals surface area contributed by atoms with Gasteiger partial charge in [-0.3, -0.25) is 0 Å². The smallest absolute Gasteiger partial charge is 0.0446 e. The minimum Gasteiger partial charge on any atom is -0.396 e. The van der Waals surface area contributed by atoms with E-state index in [1.54, 1.807) is 0 Å². The first-order valence-corrected chi connectivity index (χ1v) is 8.26. The normalized spacial score (nSPS) is 21.5. The van der Waals surface area contributed by atoms with E-state index in [9.17, 15) is 0 Å². The van der Waals surface area contributed by atoms with Crippen LogP contribution in [0.1, 0.15) is 59.3 Å². The van der Waals surface area contributed by atoms with Gasteiger partial charge < -0.3 is 15.3 Å². The van der Waals surface area contributed by atoms with Crippen LogP contribution in [0, 0.1) is 5.41 Å². The molecule has 19 heavy (non-hydrogen) atoms. The third-order valence-corrected chi connectivity index (χ3v) is 5.06. The molecule has 1 aliphatic rings. The Morgan fingerprint density at radius 2 is 1.79 bits per heavy atom. The second kappa shape index (κ2) is 8.93. The molecule has 0 aromatic carbocycles. The summed E-state index contributed by atoms with van der Waals surface area (Å²) in [7, 11) is 0. The molecule has 0 aromatic rings. The molecule has 0 radical (unpaired) electrons. The van der Waals surface area contributed by atoms with Crippen LogP contribution in [0.25, 0.3) is 0 Å². The van der Waals surface area contributed by atoms with Gasteiger partial charge in [-0.15, -0.1) is 0 Å². The Morgan fingerprint density at radius 3 is 2.26 bits per heavy atom. The van der Waals surface area contributed by atoms with Crippen LogP contribution < -0.4 is 5.32 Å². The zero-order chi connectivity index (χ0) is 14.1. The fourth-order valence-electron chi connectivity index (χ4n) is 3.24. The van der Waals surface area contributed by atoms with E-state index in [4.69, 9.17) is 5.11 Å². The van der Waals surface area contributed by atoms with Crippen LogP contribution in [-0.2, 0) is 0 Å². The Kier molecular flexibility index (Phi) is 7.96. The van der Waals surface area contributed by atoms with Gasteiger partial charge in [-0.05, 0) is 50.7 Å². The van der Waals surface area contributed by atoms with Gasteiger partial charge in [0.2, 0.25) is 0 Å². The van der Waals surface area contributed by atoms with E-state index in [2.05, 4.69) is 31.0 Å². The Bertz CT molecular complexity index is 219. The molecule has 1 heterocycles. The molecule has 0 bridgehead atoms. The number of hydrogen-bond acceptors (Lipinski definition) is 3. The SMILES string of the molecule is CCCNC(CCO)CN1CCC(CC)(CC)CC1. The summed E-state index contributed by atoms with van der Waals surface area (Å²) < 4.78 is 0. The van der Waals surface area contributed by atoms with Crippen molar-refractivity contribution in [3.63, 3.8) is 0 Å². The molecule has 0 aromatic heterocycles. The Morgan fingerprint density at radius 1 is 1.16 bits per heavy atom. The van der Waals surface area contributed by atoms with Crippen LogP contribution in [0.5, 0.6) is 0 Å². The zero-order valence-corrected chi connectivity index (χ0v) is 13.2. The van der Waals surface area contributed by atoms with Crippen LogP contribution in [-0.4, -0.2) is 48.8 Å². The molecule has 0 spiro atoms. The number of piperidine rings is 1. The highest BCUT2D eigenvalue weighted by molar-refractivity contribution is 4.85. The summed E-state index contributed by atoms with van der Waals surface area (Å²) in [6.45, 7) is 11.8. The second-order valence-corrected chi connectivity index (χ2v) is 6.17. The number of likely N-dealkylation sites (tertiary alicyclic amines) is 1. The lowest BCUT2D eigenvalue weighted by atomic mass is 9.74. The highest BCUT2D eigenvalue weighted by atomic mass is 16.3. The first-order valence-electron chi connectivity index (χ1n) is 8.26. The molecule has 3 nitrogen and oxygen atoms in total. The van der Waals surface area contributed by atoms with E-state index in [0.29, 0.717) is 18.1 Å². The largest absolute Gasteiger partial charge is 0.396 e. The van der Waals surface area contributed by atoms with Crippen molar-refractivity contribution in [2.24, 2.45) is 5.41 Å². The maximum atomic E-state index is 9.17. The van der Waals surface area contributed by atoms with E-state index in [0.717, 1.165) is 25.9 Å². The Labute approximate surface area is 119 Å². The summed E-state index contributed by atoms with van der Waals surface area (Å²) in [5.41, 5.74) is 0.611. The molecule has 0 aliphatic carbocycles. The molecule has 1 fully saturated rings. The van der Waals surface area contributed by atoms with Gasteiger partial charge in [-0.2, -0.15) is 0 Å². The molecule has 1 unspecified atom stereocenters. The van der Waals surface area contributed by atoms with Crippen molar-refractivity contribution in [1.82, 2.24) is 10.2 Å². The minimum absolute atomic E-state index is 0.295. The van der Waals surface area contributed by atoms with Crippen molar-refractivity contribution in [2.75, 3.05) is 32.8 Å². The summed E-state index contributed by atoms with van der Waals surface area (Å²) in [5, 5.41) is 12.7. The predicted molar refractivity (Wildman–Crippen MR) is 82.5 cm³/mol. The molecule has 1 atom stereocenters. The van der Waals surface area contributed by atoms with Gasteiger partial charge in [0.05, 0.1) is 0 Å². The summed E-state index contributed by atoms with van der Waals surface area (Å²) in [5.74, 6) is 0. The first kappa shape index (κ1) is 16.9. The lowest BCUT2D eigenvalue weighted by Gasteiger charge is -2.42. The van der Waals surface area contributed by atoms with Crippen LogP contribution in [0.15, 0.2) is 0 Å². The van der Waals surface area contributed by atoms with Crippen LogP contribution in [0.4, 0.5) is 0 Å². The van der Waals surface area contributed by atoms with Gasteiger partial charge in [0.25, 0.3) is 0 Å². The lowest BCUT2D eigenvalue weighted by Crippen LogP contribution is -2.47. The standard InChI is InChI=1S/C16H34N2O/c1-4-10-17-15(7-13-19)14-18-11-8-16(5-2,6-3)9-12-18/h15,17,19H,4-14H2,1-3H3. The van der Waals surface area contributed by atoms with E-state index >= 15 is 0 Å². The van der Waals surface area contributed by atoms with Crippen LogP contribution >= 0.6 is 0 Å². The van der Waals surface area contributed by atoms with Crippen molar-refractivity contribution in [3.05, 3.63) is 0 Å². The van der Waals surface area contributed by atoms with Gasteiger partial charge >= 0.3 is 0 Å². The number of nitrogens with zero attached hydrogens (tertiary/aromatic N) is 1. The molecule has 0 saturated carbocycles. The maximum Gasteiger partial charge on any atom is 0.0446 e. The average Bonchev–Trinajstić information content (AvgIpc) is 2.46. The van der Waals surface area contributed by atoms with Crippen LogP contribution in [0.2, 0.25) is 0 Å². The quantitative estimate of drug-likeness (QED) is 0.676. The predicted octanol–water partition coefficient (Wildman–Crippen LogP) is 2.64. The second-order valence-electron chi connectivity index (χ2n) is 6.17. The number of rotatable bonds is 9. The molecule has 1 saturated heterocycles. The third-order valence-electron chi connectivity index (χ3n) is 5.06. The topological polar surface area (TPSA) is 35.5 Å². The monoisotopic (exact) mass is 270 g/mol. The van der Waals surface area contributed by atoms with Gasteiger partial charge in [0.15, 0.2) is 0 Å². The van der Waals surface area contributed by atoms with Gasteiger partial charge in [-0.25, -0.2) is 0 Å². The van der Waals surface area contributed by atoms with Crippen molar-refractivity contribution in [2.45, 2.75) is 65.3 Å². The Hall–Kier alpha value is -0.120. The zero-order valence-electron chi connectivity index (χ0n) is 13.2. The van der Waals surface area contributed by atoms with E-state index < -0.39 is 0 Å². The number of aliphatic hydroxyl groups is 1. The first-order chi connectivity index (χ1) is 9.19. The molecule has 1 rings (SSSR count). The molecule has 114 valence electrons. The molecular weight excluding hydrogens is 236 g/mol. The van der Waals surface area contributed by atoms with E-state index in [-0.39, 0.29) is 0 Å². The van der Waals surface area contributed by atoms with Crippen molar-refractivity contribution >= 4 is 0 Å². The number of nitrogens with one attached hydrogen (secondary N) is 1. The summed E-state index contributed by atoms with van der Waals surface area (Å²) in [4.78, 5) is 2.59. The number of hydrogen-bond donors (Lipinski definition) is 2. The molecular formula is C16H34N2O. The highest BCUT2D eigenvalue weighted by Gasteiger charge is 2.31. The van der Waals surface area contributed by atoms with E-state index in [1.807, 2.05) is 0 Å². The minimum atomic E-state index is 0.295. The Balaban J connectivity index is 2.36. The summed E-state index contributed by atoms with van der Waals surface area (Å²) >= 11 is 0. The average molecular weight is 270 g/mol. The highest BCUT2D eigenvalue weighted by Crippen LogP contribution is 2.37. The molecule has 1 aliphatic heterocycles. The van der Waals surface area contributed by atoms with Crippen LogP contribution in [0.3, 0.4) is 0 Å². The summed E-state index contributed by atoms with van der Waals surface area (Å²) in [6, 6.07) is 0.459. The van der Waals surface area contributed by atoms with Crippen molar-refractivity contribution in [1.29, 1.82) is 0 Å². The van der Waals surface area contributed by atoms with Crippen molar-refractivity contribution in [3.8, 4) is 0 Å². The number of aliphatic hydroxyl groups excluding tert-OH is 1. The van der Waals surface area contributed by atoms with Gasteiger partial charge in [0.1, 0.15) is 0 Å². The van der Waals surface area contributed by atoms with Gasteiger partial charge in [-0.1, -0.05) is 33.6 Å². The third kappa shape index (κ3) is 5.41. The van der Waals surface area contributed by atoms with E-state index in [1.165, 1.54) is 38.8 Å². The lowest BCUT2D eigenvalue weighted by molar-refractivity contribution is 0.0855. The fourth-order valence-corrected chi connectivity index (χ4v) is 3.24. The maximum absolute atomic E-state index is 9.17. The van der Waals surface area contributed by atoms with Crippen molar-refractivity contribution < 1.29 is 5.11 Å². The fraction of sp³-hybridized carbons (Fsp3) is 1.00. The summed E-state index contributed by atoms with van der Waals surface area (Å²) in [6.07, 6.45) is 7.39. The molecule has 0 amide bonds. The molecule has 3 heteroatoms. The van der Waals surface area contributed by atoms with Gasteiger partial charge in [0, 0.05) is 19.2 Å².